The minimum atomic E-state index is -0.956. The molecule has 4 nitrogen and oxygen atoms in total. The van der Waals surface area contributed by atoms with Crippen LogP contribution in [0.3, 0.4) is 0 Å². The van der Waals surface area contributed by atoms with Crippen molar-refractivity contribution >= 4 is 10.8 Å². The van der Waals surface area contributed by atoms with E-state index in [0.717, 1.165) is 27.5 Å². The normalized spacial score (nSPS) is 12.2. The zero-order chi connectivity index (χ0) is 13.9. The van der Waals surface area contributed by atoms with Crippen LogP contribution >= 0.6 is 0 Å². The summed E-state index contributed by atoms with van der Waals surface area (Å²) in [7, 11) is -0.956. The molecule has 0 saturated heterocycles. The molecule has 0 spiro atoms. The second-order valence-electron chi connectivity index (χ2n) is 4.36. The first-order chi connectivity index (χ1) is 9.74. The van der Waals surface area contributed by atoms with Crippen molar-refractivity contribution in [2.75, 3.05) is 6.26 Å². The summed E-state index contributed by atoms with van der Waals surface area (Å²) in [5.74, 6) is 0.797. The van der Waals surface area contributed by atoms with Crippen LogP contribution in [0.15, 0.2) is 59.9 Å². The zero-order valence-electron chi connectivity index (χ0n) is 10.9. The molecular formula is C15H13N3OS. The molecule has 0 bridgehead atoms. The number of hydrogen-bond acceptors (Lipinski definition) is 3. The third kappa shape index (κ3) is 2.53. The highest BCUT2D eigenvalue weighted by Crippen LogP contribution is 2.22. The van der Waals surface area contributed by atoms with Crippen LogP contribution in [-0.2, 0) is 10.8 Å². The van der Waals surface area contributed by atoms with Gasteiger partial charge in [0.25, 0.3) is 0 Å². The lowest BCUT2D eigenvalue weighted by atomic mass is 10.2. The van der Waals surface area contributed by atoms with Gasteiger partial charge in [-0.05, 0) is 24.3 Å². The average Bonchev–Trinajstić information content (AvgIpc) is 2.98. The van der Waals surface area contributed by atoms with E-state index in [2.05, 4.69) is 15.0 Å². The second kappa shape index (κ2) is 5.38. The molecule has 0 saturated carbocycles. The van der Waals surface area contributed by atoms with Crippen LogP contribution < -0.4 is 0 Å². The quantitative estimate of drug-likeness (QED) is 0.804. The van der Waals surface area contributed by atoms with Crippen molar-refractivity contribution in [3.8, 4) is 22.6 Å². The lowest BCUT2D eigenvalue weighted by Gasteiger charge is -2.00. The van der Waals surface area contributed by atoms with Gasteiger partial charge in [0.1, 0.15) is 5.82 Å². The van der Waals surface area contributed by atoms with Crippen molar-refractivity contribution in [3.63, 3.8) is 0 Å². The summed E-state index contributed by atoms with van der Waals surface area (Å²) in [5, 5.41) is 0. The monoisotopic (exact) mass is 283 g/mol. The fraction of sp³-hybridized carbons (Fsp3) is 0.0667. The molecule has 0 amide bonds. The minimum absolute atomic E-state index is 0.797. The second-order valence-corrected chi connectivity index (χ2v) is 5.74. The van der Waals surface area contributed by atoms with E-state index in [1.165, 1.54) is 0 Å². The SMILES string of the molecule is CS(=O)c1ccc(-c2ncc(-c3ccncc3)[nH]2)cc1. The van der Waals surface area contributed by atoms with Crippen LogP contribution in [0.1, 0.15) is 0 Å². The Bertz CT molecular complexity index is 735. The van der Waals surface area contributed by atoms with Gasteiger partial charge in [-0.1, -0.05) is 12.1 Å². The number of hydrogen-bond donors (Lipinski definition) is 1. The van der Waals surface area contributed by atoms with E-state index >= 15 is 0 Å². The Morgan fingerprint density at radius 1 is 1.00 bits per heavy atom. The van der Waals surface area contributed by atoms with Gasteiger partial charge >= 0.3 is 0 Å². The van der Waals surface area contributed by atoms with Gasteiger partial charge in [-0.15, -0.1) is 0 Å². The van der Waals surface area contributed by atoms with Crippen molar-refractivity contribution in [1.29, 1.82) is 0 Å². The Hall–Kier alpha value is -2.27. The lowest BCUT2D eigenvalue weighted by Crippen LogP contribution is -1.87. The third-order valence-electron chi connectivity index (χ3n) is 3.03. The Balaban J connectivity index is 1.92. The number of nitrogens with zero attached hydrogens (tertiary/aromatic N) is 2. The minimum Gasteiger partial charge on any atom is -0.338 e. The first kappa shape index (κ1) is 12.7. The molecule has 2 aromatic heterocycles. The highest BCUT2D eigenvalue weighted by Gasteiger charge is 2.06. The lowest BCUT2D eigenvalue weighted by molar-refractivity contribution is 0.687. The molecule has 0 aliphatic heterocycles. The molecular weight excluding hydrogens is 270 g/mol. The first-order valence-electron chi connectivity index (χ1n) is 6.13. The van der Waals surface area contributed by atoms with Gasteiger partial charge in [0.05, 0.1) is 11.9 Å². The molecule has 0 fully saturated rings. The highest BCUT2D eigenvalue weighted by molar-refractivity contribution is 7.84. The Labute approximate surface area is 119 Å². The van der Waals surface area contributed by atoms with E-state index in [0.29, 0.717) is 0 Å². The molecule has 5 heteroatoms. The van der Waals surface area contributed by atoms with Gasteiger partial charge in [-0.25, -0.2) is 4.98 Å². The van der Waals surface area contributed by atoms with Gasteiger partial charge in [-0.2, -0.15) is 0 Å². The molecule has 1 N–H and O–H groups in total. The van der Waals surface area contributed by atoms with Crippen molar-refractivity contribution in [2.45, 2.75) is 4.90 Å². The van der Waals surface area contributed by atoms with Crippen LogP contribution in [0.2, 0.25) is 0 Å². The zero-order valence-corrected chi connectivity index (χ0v) is 11.7. The van der Waals surface area contributed by atoms with Gasteiger partial charge in [0.15, 0.2) is 0 Å². The van der Waals surface area contributed by atoms with Crippen LogP contribution in [0.25, 0.3) is 22.6 Å². The predicted molar refractivity (Wildman–Crippen MR) is 79.6 cm³/mol. The number of imidazole rings is 1. The Kier molecular flexibility index (Phi) is 3.43. The predicted octanol–water partition coefficient (Wildman–Crippen LogP) is 2.88. The number of nitrogens with one attached hydrogen (secondary N) is 1. The van der Waals surface area contributed by atoms with E-state index in [4.69, 9.17) is 0 Å². The summed E-state index contributed by atoms with van der Waals surface area (Å²) in [6.07, 6.45) is 6.97. The van der Waals surface area contributed by atoms with Gasteiger partial charge in [0, 0.05) is 45.5 Å². The molecule has 1 aromatic carbocycles. The topological polar surface area (TPSA) is 58.6 Å². The molecule has 3 rings (SSSR count). The summed E-state index contributed by atoms with van der Waals surface area (Å²) in [6, 6.07) is 11.4. The van der Waals surface area contributed by atoms with E-state index in [1.54, 1.807) is 24.8 Å². The maximum Gasteiger partial charge on any atom is 0.137 e. The summed E-state index contributed by atoms with van der Waals surface area (Å²) in [6.45, 7) is 0. The van der Waals surface area contributed by atoms with Crippen molar-refractivity contribution in [3.05, 3.63) is 55.0 Å². The fourth-order valence-electron chi connectivity index (χ4n) is 1.95. The molecule has 1 atom stereocenters. The van der Waals surface area contributed by atoms with Crippen LogP contribution in [-0.4, -0.2) is 25.4 Å². The van der Waals surface area contributed by atoms with Crippen molar-refractivity contribution < 1.29 is 4.21 Å². The van der Waals surface area contributed by atoms with E-state index in [9.17, 15) is 4.21 Å². The third-order valence-corrected chi connectivity index (χ3v) is 3.96. The Morgan fingerprint density at radius 3 is 2.35 bits per heavy atom. The maximum absolute atomic E-state index is 11.4. The fourth-order valence-corrected chi connectivity index (χ4v) is 2.47. The highest BCUT2D eigenvalue weighted by atomic mass is 32.2. The molecule has 0 aliphatic carbocycles. The van der Waals surface area contributed by atoms with E-state index in [-0.39, 0.29) is 0 Å². The number of pyridine rings is 1. The smallest absolute Gasteiger partial charge is 0.137 e. The molecule has 0 aliphatic rings. The van der Waals surface area contributed by atoms with Crippen LogP contribution in [0.4, 0.5) is 0 Å². The van der Waals surface area contributed by atoms with Gasteiger partial charge in [-0.3, -0.25) is 9.19 Å². The number of rotatable bonds is 3. The molecule has 20 heavy (non-hydrogen) atoms. The average molecular weight is 283 g/mol. The van der Waals surface area contributed by atoms with Gasteiger partial charge in [0.2, 0.25) is 0 Å². The summed E-state index contributed by atoms with van der Waals surface area (Å²) in [5.41, 5.74) is 2.97. The van der Waals surface area contributed by atoms with Crippen molar-refractivity contribution in [1.82, 2.24) is 15.0 Å². The molecule has 2 heterocycles. The summed E-state index contributed by atoms with van der Waals surface area (Å²) < 4.78 is 11.4. The number of aromatic nitrogens is 3. The number of benzene rings is 1. The standard InChI is InChI=1S/C15H13N3OS/c1-20(19)13-4-2-12(3-5-13)15-17-10-14(18-15)11-6-8-16-9-7-11/h2-10H,1H3,(H,17,18). The molecule has 100 valence electrons. The van der Waals surface area contributed by atoms with E-state index in [1.807, 2.05) is 36.4 Å². The summed E-state index contributed by atoms with van der Waals surface area (Å²) in [4.78, 5) is 12.5. The number of H-pyrrole nitrogens is 1. The van der Waals surface area contributed by atoms with Crippen LogP contribution in [0, 0.1) is 0 Å². The maximum atomic E-state index is 11.4. The van der Waals surface area contributed by atoms with Gasteiger partial charge < -0.3 is 4.98 Å². The first-order valence-corrected chi connectivity index (χ1v) is 7.69. The largest absolute Gasteiger partial charge is 0.338 e. The van der Waals surface area contributed by atoms with E-state index < -0.39 is 10.8 Å². The molecule has 1 unspecified atom stereocenters. The van der Waals surface area contributed by atoms with Crippen LogP contribution in [0.5, 0.6) is 0 Å². The summed E-state index contributed by atoms with van der Waals surface area (Å²) >= 11 is 0. The van der Waals surface area contributed by atoms with Crippen molar-refractivity contribution in [2.24, 2.45) is 0 Å². The molecule has 0 radical (unpaired) electrons. The number of aromatic amines is 1. The molecule has 3 aromatic rings. The Morgan fingerprint density at radius 2 is 1.70 bits per heavy atom.